The van der Waals surface area contributed by atoms with Crippen LogP contribution in [-0.2, 0) is 10.0 Å². The van der Waals surface area contributed by atoms with E-state index in [2.05, 4.69) is 10.1 Å². The molecule has 0 spiro atoms. The molecule has 8 nitrogen and oxygen atoms in total. The van der Waals surface area contributed by atoms with Gasteiger partial charge >= 0.3 is 0 Å². The highest BCUT2D eigenvalue weighted by Crippen LogP contribution is 2.30. The highest BCUT2D eigenvalue weighted by Gasteiger charge is 2.28. The number of nitrogens with two attached hydrogens (primary N) is 1. The lowest BCUT2D eigenvalue weighted by molar-refractivity contribution is -0.384. The van der Waals surface area contributed by atoms with E-state index in [1.807, 2.05) is 6.92 Å². The Bertz CT molecular complexity index is 655. The summed E-state index contributed by atoms with van der Waals surface area (Å²) in [5, 5.41) is 11.0. The number of hydrogen-bond acceptors (Lipinski definition) is 6. The van der Waals surface area contributed by atoms with Crippen molar-refractivity contribution in [2.24, 2.45) is 5.84 Å². The number of hydrogen-bond donors (Lipinski definition) is 3. The first-order chi connectivity index (χ1) is 9.54. The normalized spacial score (nSPS) is 12.2. The second-order valence-corrected chi connectivity index (χ2v) is 7.03. The van der Waals surface area contributed by atoms with Gasteiger partial charge in [0.05, 0.1) is 9.82 Å². The number of anilines is 1. The number of sulfonamides is 1. The zero-order chi connectivity index (χ0) is 16.4. The van der Waals surface area contributed by atoms with E-state index in [4.69, 9.17) is 5.84 Å². The van der Waals surface area contributed by atoms with Crippen LogP contribution in [0, 0.1) is 17.0 Å². The molecule has 0 bridgehead atoms. The van der Waals surface area contributed by atoms with Gasteiger partial charge in [-0.15, -0.1) is 0 Å². The van der Waals surface area contributed by atoms with E-state index in [9.17, 15) is 18.5 Å². The van der Waals surface area contributed by atoms with Crippen molar-refractivity contribution in [1.82, 2.24) is 4.72 Å². The Morgan fingerprint density at radius 1 is 1.38 bits per heavy atom. The summed E-state index contributed by atoms with van der Waals surface area (Å²) in [5.41, 5.74) is 1.59. The number of hydrazine groups is 1. The molecule has 0 aliphatic rings. The maximum Gasteiger partial charge on any atom is 0.295 e. The molecule has 1 aromatic rings. The predicted octanol–water partition coefficient (Wildman–Crippen LogP) is 1.66. The van der Waals surface area contributed by atoms with Gasteiger partial charge in [0.1, 0.15) is 5.69 Å². The van der Waals surface area contributed by atoms with Crippen molar-refractivity contribution in [3.8, 4) is 0 Å². The van der Waals surface area contributed by atoms with E-state index in [1.165, 1.54) is 6.07 Å². The SMILES string of the molecule is CCC(C)(C)NS(=O)(=O)c1cc([N+](=O)[O-])c(NN)cc1C. The molecule has 9 heteroatoms. The van der Waals surface area contributed by atoms with Crippen LogP contribution >= 0.6 is 0 Å². The smallest absolute Gasteiger partial charge is 0.295 e. The molecule has 0 saturated heterocycles. The zero-order valence-corrected chi connectivity index (χ0v) is 13.2. The molecule has 0 atom stereocenters. The van der Waals surface area contributed by atoms with E-state index in [-0.39, 0.29) is 10.6 Å². The first-order valence-electron chi connectivity index (χ1n) is 6.33. The van der Waals surface area contributed by atoms with Gasteiger partial charge in [-0.25, -0.2) is 13.1 Å². The van der Waals surface area contributed by atoms with Crippen LogP contribution in [-0.4, -0.2) is 18.9 Å². The molecule has 0 aliphatic heterocycles. The summed E-state index contributed by atoms with van der Waals surface area (Å²) in [7, 11) is -3.86. The van der Waals surface area contributed by atoms with Gasteiger partial charge in [-0.1, -0.05) is 6.92 Å². The molecule has 0 radical (unpaired) electrons. The molecule has 0 amide bonds. The van der Waals surface area contributed by atoms with Crippen LogP contribution < -0.4 is 16.0 Å². The number of aryl methyl sites for hydroxylation is 1. The predicted molar refractivity (Wildman–Crippen MR) is 80.3 cm³/mol. The maximum atomic E-state index is 12.4. The molecule has 0 fully saturated rings. The van der Waals surface area contributed by atoms with Crippen molar-refractivity contribution in [3.05, 3.63) is 27.8 Å². The molecule has 118 valence electrons. The number of nitrogens with one attached hydrogen (secondary N) is 2. The van der Waals surface area contributed by atoms with Crippen LogP contribution in [0.15, 0.2) is 17.0 Å². The fourth-order valence-electron chi connectivity index (χ4n) is 1.72. The van der Waals surface area contributed by atoms with Crippen LogP contribution in [0.4, 0.5) is 11.4 Å². The van der Waals surface area contributed by atoms with E-state index < -0.39 is 26.2 Å². The topological polar surface area (TPSA) is 127 Å². The highest BCUT2D eigenvalue weighted by atomic mass is 32.2. The second kappa shape index (κ2) is 5.96. The molecule has 1 rings (SSSR count). The number of nitro groups is 1. The lowest BCUT2D eigenvalue weighted by Crippen LogP contribution is -2.42. The lowest BCUT2D eigenvalue weighted by atomic mass is 10.0. The molecule has 0 aromatic heterocycles. The monoisotopic (exact) mass is 316 g/mol. The standard InChI is InChI=1S/C12H20N4O4S/c1-5-12(3,4)15-21(19,20)11-7-10(16(17)18)9(14-13)6-8(11)2/h6-7,14-15H,5,13H2,1-4H3. The highest BCUT2D eigenvalue weighted by molar-refractivity contribution is 7.89. The van der Waals surface area contributed by atoms with Gasteiger partial charge in [-0.2, -0.15) is 0 Å². The molecule has 4 N–H and O–H groups in total. The van der Waals surface area contributed by atoms with Crippen LogP contribution in [0.3, 0.4) is 0 Å². The first-order valence-corrected chi connectivity index (χ1v) is 7.82. The second-order valence-electron chi connectivity index (χ2n) is 5.38. The Hall–Kier alpha value is -1.71. The van der Waals surface area contributed by atoms with Crippen molar-refractivity contribution in [3.63, 3.8) is 0 Å². The molecule has 1 aromatic carbocycles. The fourth-order valence-corrected chi connectivity index (χ4v) is 3.46. The van der Waals surface area contributed by atoms with Crippen molar-refractivity contribution in [2.45, 2.75) is 44.6 Å². The van der Waals surface area contributed by atoms with Gasteiger partial charge in [0, 0.05) is 11.6 Å². The lowest BCUT2D eigenvalue weighted by Gasteiger charge is -2.24. The van der Waals surface area contributed by atoms with Crippen LogP contribution in [0.25, 0.3) is 0 Å². The minimum Gasteiger partial charge on any atom is -0.318 e. The Labute approximate surface area is 123 Å². The van der Waals surface area contributed by atoms with Gasteiger partial charge in [0.2, 0.25) is 10.0 Å². The summed E-state index contributed by atoms with van der Waals surface area (Å²) >= 11 is 0. The number of nitrogens with zero attached hydrogens (tertiary/aromatic N) is 1. The van der Waals surface area contributed by atoms with E-state index >= 15 is 0 Å². The maximum absolute atomic E-state index is 12.4. The third kappa shape index (κ3) is 3.90. The van der Waals surface area contributed by atoms with Crippen LogP contribution in [0.1, 0.15) is 32.8 Å². The van der Waals surface area contributed by atoms with Crippen molar-refractivity contribution in [2.75, 3.05) is 5.43 Å². The minimum absolute atomic E-state index is 0.0613. The number of rotatable bonds is 6. The van der Waals surface area contributed by atoms with Crippen molar-refractivity contribution >= 4 is 21.4 Å². The summed E-state index contributed by atoms with van der Waals surface area (Å²) in [6, 6.07) is 2.35. The Morgan fingerprint density at radius 2 is 1.95 bits per heavy atom. The van der Waals surface area contributed by atoms with E-state index in [0.717, 1.165) is 6.07 Å². The summed E-state index contributed by atoms with van der Waals surface area (Å²) in [6.07, 6.45) is 0.579. The summed E-state index contributed by atoms with van der Waals surface area (Å²) < 4.78 is 27.4. The molecule has 0 aliphatic carbocycles. The summed E-state index contributed by atoms with van der Waals surface area (Å²) in [6.45, 7) is 6.88. The molecule has 21 heavy (non-hydrogen) atoms. The van der Waals surface area contributed by atoms with Gasteiger partial charge in [0.15, 0.2) is 0 Å². The number of benzene rings is 1. The van der Waals surface area contributed by atoms with Crippen molar-refractivity contribution < 1.29 is 13.3 Å². The average Bonchev–Trinajstić information content (AvgIpc) is 2.36. The zero-order valence-electron chi connectivity index (χ0n) is 12.4. The quantitative estimate of drug-likeness (QED) is 0.416. The number of nitrogen functional groups attached to an aromatic ring is 1. The molecule has 0 saturated carbocycles. The van der Waals surface area contributed by atoms with Gasteiger partial charge in [-0.3, -0.25) is 16.0 Å². The van der Waals surface area contributed by atoms with E-state index in [0.29, 0.717) is 12.0 Å². The van der Waals surface area contributed by atoms with Crippen LogP contribution in [0.5, 0.6) is 0 Å². The van der Waals surface area contributed by atoms with Gasteiger partial charge in [0.25, 0.3) is 5.69 Å². The average molecular weight is 316 g/mol. The first kappa shape index (κ1) is 17.3. The third-order valence-corrected chi connectivity index (χ3v) is 5.07. The molecular weight excluding hydrogens is 296 g/mol. The molecule has 0 unspecified atom stereocenters. The largest absolute Gasteiger partial charge is 0.318 e. The fraction of sp³-hybridized carbons (Fsp3) is 0.500. The Balaban J connectivity index is 3.43. The van der Waals surface area contributed by atoms with E-state index in [1.54, 1.807) is 20.8 Å². The third-order valence-electron chi connectivity index (χ3n) is 3.23. The van der Waals surface area contributed by atoms with Crippen LogP contribution in [0.2, 0.25) is 0 Å². The summed E-state index contributed by atoms with van der Waals surface area (Å²) in [4.78, 5) is 10.2. The molecule has 0 heterocycles. The Morgan fingerprint density at radius 3 is 2.38 bits per heavy atom. The Kier molecular flexibility index (Phi) is 4.92. The molecular formula is C12H20N4O4S. The minimum atomic E-state index is -3.86. The number of nitro benzene ring substituents is 1. The summed E-state index contributed by atoms with van der Waals surface area (Å²) in [5.74, 6) is 5.22. The van der Waals surface area contributed by atoms with Gasteiger partial charge < -0.3 is 5.43 Å². The van der Waals surface area contributed by atoms with Gasteiger partial charge in [-0.05, 0) is 38.8 Å². The van der Waals surface area contributed by atoms with Crippen molar-refractivity contribution in [1.29, 1.82) is 0 Å².